The van der Waals surface area contributed by atoms with Crippen LogP contribution in [0.3, 0.4) is 0 Å². The largest absolute Gasteiger partial charge is 0.321 e. The van der Waals surface area contributed by atoms with Crippen LogP contribution in [0.5, 0.6) is 0 Å². The van der Waals surface area contributed by atoms with Crippen LogP contribution in [0.25, 0.3) is 0 Å². The first-order valence-corrected chi connectivity index (χ1v) is 5.68. The third-order valence-corrected chi connectivity index (χ3v) is 3.42. The number of alkyl halides is 2. The highest BCUT2D eigenvalue weighted by molar-refractivity contribution is 6.30. The van der Waals surface area contributed by atoms with E-state index < -0.39 is 17.4 Å². The van der Waals surface area contributed by atoms with Crippen LogP contribution in [-0.2, 0) is 5.54 Å². The zero-order valence-electron chi connectivity index (χ0n) is 9.02. The third kappa shape index (κ3) is 2.55. The van der Waals surface area contributed by atoms with Crippen molar-refractivity contribution in [3.05, 3.63) is 28.8 Å². The van der Waals surface area contributed by atoms with Crippen LogP contribution in [0.1, 0.15) is 31.2 Å². The maximum Gasteiger partial charge on any atom is 0.248 e. The number of aromatic nitrogens is 1. The van der Waals surface area contributed by atoms with E-state index in [1.165, 1.54) is 12.3 Å². The fourth-order valence-corrected chi connectivity index (χ4v) is 2.26. The molecular weight excluding hydrogens is 253 g/mol. The Morgan fingerprint density at radius 3 is 2.41 bits per heavy atom. The van der Waals surface area contributed by atoms with Crippen LogP contribution < -0.4 is 5.73 Å². The summed E-state index contributed by atoms with van der Waals surface area (Å²) in [5.41, 5.74) is 5.03. The molecule has 0 unspecified atom stereocenters. The number of nitrogens with two attached hydrogens (primary N) is 1. The molecule has 0 aliphatic heterocycles. The topological polar surface area (TPSA) is 38.9 Å². The van der Waals surface area contributed by atoms with Gasteiger partial charge in [-0.3, -0.25) is 0 Å². The van der Waals surface area contributed by atoms with Crippen molar-refractivity contribution >= 4 is 11.6 Å². The van der Waals surface area contributed by atoms with Crippen LogP contribution in [0.2, 0.25) is 5.02 Å². The van der Waals surface area contributed by atoms with Crippen LogP contribution in [0, 0.1) is 5.95 Å². The number of pyridine rings is 1. The first-order valence-electron chi connectivity index (χ1n) is 5.31. The number of hydrogen-bond donors (Lipinski definition) is 1. The SMILES string of the molecule is NC1(c2cc(Cl)cnc2F)CCC(F)(F)CC1. The van der Waals surface area contributed by atoms with Gasteiger partial charge in [0.2, 0.25) is 11.9 Å². The van der Waals surface area contributed by atoms with Gasteiger partial charge in [0.05, 0.1) is 5.02 Å². The molecule has 0 saturated heterocycles. The number of nitrogens with zero attached hydrogens (tertiary/aromatic N) is 1. The quantitative estimate of drug-likeness (QED) is 0.791. The number of halogens is 4. The van der Waals surface area contributed by atoms with E-state index in [0.29, 0.717) is 0 Å². The van der Waals surface area contributed by atoms with Crippen molar-refractivity contribution in [1.29, 1.82) is 0 Å². The molecule has 1 aliphatic carbocycles. The molecule has 0 aromatic carbocycles. The van der Waals surface area contributed by atoms with Gasteiger partial charge in [0, 0.05) is 30.1 Å². The monoisotopic (exact) mass is 264 g/mol. The molecule has 6 heteroatoms. The van der Waals surface area contributed by atoms with E-state index in [9.17, 15) is 13.2 Å². The Bertz CT molecular complexity index is 427. The molecule has 2 N–H and O–H groups in total. The second-order valence-electron chi connectivity index (χ2n) is 4.50. The fourth-order valence-electron chi connectivity index (χ4n) is 2.10. The molecule has 17 heavy (non-hydrogen) atoms. The summed E-state index contributed by atoms with van der Waals surface area (Å²) in [7, 11) is 0. The Balaban J connectivity index is 2.30. The Kier molecular flexibility index (Phi) is 3.08. The average Bonchev–Trinajstić information content (AvgIpc) is 2.26. The van der Waals surface area contributed by atoms with E-state index in [4.69, 9.17) is 17.3 Å². The predicted molar refractivity (Wildman–Crippen MR) is 58.5 cm³/mol. The highest BCUT2D eigenvalue weighted by Gasteiger charge is 2.43. The minimum atomic E-state index is -2.70. The van der Waals surface area contributed by atoms with Gasteiger partial charge in [0.25, 0.3) is 0 Å². The van der Waals surface area contributed by atoms with Crippen molar-refractivity contribution in [1.82, 2.24) is 4.98 Å². The molecule has 1 aliphatic rings. The van der Waals surface area contributed by atoms with Gasteiger partial charge in [-0.2, -0.15) is 4.39 Å². The van der Waals surface area contributed by atoms with Crippen molar-refractivity contribution in [3.63, 3.8) is 0 Å². The Morgan fingerprint density at radius 1 is 1.24 bits per heavy atom. The van der Waals surface area contributed by atoms with Crippen molar-refractivity contribution < 1.29 is 13.2 Å². The molecule has 0 atom stereocenters. The van der Waals surface area contributed by atoms with Gasteiger partial charge < -0.3 is 5.73 Å². The first kappa shape index (κ1) is 12.6. The lowest BCUT2D eigenvalue weighted by atomic mass is 9.76. The van der Waals surface area contributed by atoms with E-state index in [1.54, 1.807) is 0 Å². The molecule has 0 bridgehead atoms. The molecule has 1 aromatic rings. The Morgan fingerprint density at radius 2 is 1.82 bits per heavy atom. The average molecular weight is 265 g/mol. The Labute approximate surface area is 102 Å². The summed E-state index contributed by atoms with van der Waals surface area (Å²) in [4.78, 5) is 3.47. The number of hydrogen-bond acceptors (Lipinski definition) is 2. The molecule has 1 aromatic heterocycles. The molecule has 1 saturated carbocycles. The van der Waals surface area contributed by atoms with E-state index in [-0.39, 0.29) is 36.3 Å². The van der Waals surface area contributed by atoms with Crippen LogP contribution in [0.4, 0.5) is 13.2 Å². The second kappa shape index (κ2) is 4.14. The minimum Gasteiger partial charge on any atom is -0.321 e. The molecule has 2 rings (SSSR count). The summed E-state index contributed by atoms with van der Waals surface area (Å²) in [5, 5.41) is 0.253. The lowest BCUT2D eigenvalue weighted by Gasteiger charge is -2.37. The van der Waals surface area contributed by atoms with Gasteiger partial charge in [0.15, 0.2) is 0 Å². The lowest BCUT2D eigenvalue weighted by Crippen LogP contribution is -2.44. The van der Waals surface area contributed by atoms with E-state index in [0.717, 1.165) is 0 Å². The highest BCUT2D eigenvalue weighted by atomic mass is 35.5. The fraction of sp³-hybridized carbons (Fsp3) is 0.545. The molecule has 94 valence electrons. The van der Waals surface area contributed by atoms with Crippen LogP contribution >= 0.6 is 11.6 Å². The summed E-state index contributed by atoms with van der Waals surface area (Å²) >= 11 is 5.72. The van der Waals surface area contributed by atoms with Crippen molar-refractivity contribution in [2.45, 2.75) is 37.1 Å². The van der Waals surface area contributed by atoms with Gasteiger partial charge in [-0.15, -0.1) is 0 Å². The van der Waals surface area contributed by atoms with Crippen molar-refractivity contribution in [2.24, 2.45) is 5.73 Å². The van der Waals surface area contributed by atoms with E-state index in [2.05, 4.69) is 4.98 Å². The van der Waals surface area contributed by atoms with Gasteiger partial charge in [-0.05, 0) is 18.9 Å². The summed E-state index contributed by atoms with van der Waals surface area (Å²) in [6.45, 7) is 0. The van der Waals surface area contributed by atoms with Gasteiger partial charge >= 0.3 is 0 Å². The summed E-state index contributed by atoms with van der Waals surface area (Å²) in [5.74, 6) is -3.44. The smallest absolute Gasteiger partial charge is 0.248 e. The Hall–Kier alpha value is -0.810. The van der Waals surface area contributed by atoms with Gasteiger partial charge in [-0.25, -0.2) is 13.8 Å². The second-order valence-corrected chi connectivity index (χ2v) is 4.94. The molecule has 2 nitrogen and oxygen atoms in total. The van der Waals surface area contributed by atoms with Gasteiger partial charge in [0.1, 0.15) is 0 Å². The lowest BCUT2D eigenvalue weighted by molar-refractivity contribution is -0.0518. The van der Waals surface area contributed by atoms with Crippen molar-refractivity contribution in [2.75, 3.05) is 0 Å². The maximum atomic E-state index is 13.6. The first-order chi connectivity index (χ1) is 7.82. The van der Waals surface area contributed by atoms with Gasteiger partial charge in [-0.1, -0.05) is 11.6 Å². The van der Waals surface area contributed by atoms with E-state index in [1.807, 2.05) is 0 Å². The normalized spacial score (nSPS) is 22.4. The minimum absolute atomic E-state index is 0.0267. The van der Waals surface area contributed by atoms with Crippen LogP contribution in [0.15, 0.2) is 12.3 Å². The highest BCUT2D eigenvalue weighted by Crippen LogP contribution is 2.42. The molecular formula is C11H12ClF3N2. The zero-order chi connectivity index (χ0) is 12.7. The summed E-state index contributed by atoms with van der Waals surface area (Å²) in [6.07, 6.45) is 0.546. The summed E-state index contributed by atoms with van der Waals surface area (Å²) < 4.78 is 39.7. The predicted octanol–water partition coefficient (Wildman–Crippen LogP) is 3.24. The number of rotatable bonds is 1. The standard InChI is InChI=1S/C11H12ClF3N2/c12-7-5-8(9(13)17-6-7)10(16)1-3-11(14,15)4-2-10/h5-6H,1-4,16H2. The molecule has 0 spiro atoms. The molecule has 0 radical (unpaired) electrons. The zero-order valence-corrected chi connectivity index (χ0v) is 9.78. The third-order valence-electron chi connectivity index (χ3n) is 3.22. The molecule has 1 fully saturated rings. The van der Waals surface area contributed by atoms with Crippen LogP contribution in [-0.4, -0.2) is 10.9 Å². The van der Waals surface area contributed by atoms with E-state index >= 15 is 0 Å². The maximum absolute atomic E-state index is 13.6. The molecule has 1 heterocycles. The molecule has 0 amide bonds. The summed E-state index contributed by atoms with van der Waals surface area (Å²) in [6, 6.07) is 1.37. The van der Waals surface area contributed by atoms with Crippen molar-refractivity contribution in [3.8, 4) is 0 Å².